The Labute approximate surface area is 216 Å². The van der Waals surface area contributed by atoms with Crippen LogP contribution in [0.15, 0.2) is 30.6 Å². The summed E-state index contributed by atoms with van der Waals surface area (Å²) < 4.78 is 36.4. The number of carbonyl (C=O) groups is 3. The molecule has 0 spiro atoms. The predicted molar refractivity (Wildman–Crippen MR) is 130 cm³/mol. The molecule has 2 N–H and O–H groups in total. The maximum atomic E-state index is 13.0. The van der Waals surface area contributed by atoms with Crippen LogP contribution < -0.4 is 10.2 Å². The highest BCUT2D eigenvalue weighted by Gasteiger charge is 2.38. The quantitative estimate of drug-likeness (QED) is 0.547. The Kier molecular flexibility index (Phi) is 10.1. The van der Waals surface area contributed by atoms with Gasteiger partial charge in [0.05, 0.1) is 25.5 Å². The standard InChI is InChI=1S/C21H26ClN5O3.C2HF3O2/c1-13(2)18-12-26(19-11-23-17(10-24-19)20(28)30-4)7-8-27(18)21(29)25-16-6-5-15(22)9-14(16)3;3-2(4,5)1(6)7/h5-6,9-11,13,18H,7-8,12H2,1-4H3,(H,25,29);(H,6,7). The zero-order valence-corrected chi connectivity index (χ0v) is 21.3. The lowest BCUT2D eigenvalue weighted by molar-refractivity contribution is -0.192. The van der Waals surface area contributed by atoms with Crippen LogP contribution in [-0.4, -0.2) is 76.9 Å². The molecule has 1 saturated heterocycles. The van der Waals surface area contributed by atoms with Gasteiger partial charge in [-0.1, -0.05) is 25.4 Å². The lowest BCUT2D eigenvalue weighted by Gasteiger charge is -2.43. The number of amides is 2. The number of ether oxygens (including phenoxy) is 1. The van der Waals surface area contributed by atoms with Crippen LogP contribution in [0, 0.1) is 12.8 Å². The lowest BCUT2D eigenvalue weighted by atomic mass is 10.00. The van der Waals surface area contributed by atoms with Crippen LogP contribution in [-0.2, 0) is 9.53 Å². The molecule has 2 aromatic rings. The van der Waals surface area contributed by atoms with Gasteiger partial charge in [-0.2, -0.15) is 13.2 Å². The van der Waals surface area contributed by atoms with E-state index in [4.69, 9.17) is 21.5 Å². The first-order valence-electron chi connectivity index (χ1n) is 11.0. The van der Waals surface area contributed by atoms with Gasteiger partial charge in [0.15, 0.2) is 5.69 Å². The first-order valence-corrected chi connectivity index (χ1v) is 11.4. The van der Waals surface area contributed by atoms with E-state index in [0.717, 1.165) is 11.3 Å². The van der Waals surface area contributed by atoms with Gasteiger partial charge in [-0.05, 0) is 36.6 Å². The third-order valence-electron chi connectivity index (χ3n) is 5.48. The van der Waals surface area contributed by atoms with E-state index in [1.165, 1.54) is 13.3 Å². The SMILES string of the molecule is COC(=O)c1cnc(N2CCN(C(=O)Nc3ccc(Cl)cc3C)C(C(C)C)C2)cn1.O=C(O)C(F)(F)F. The number of nitrogens with one attached hydrogen (secondary N) is 1. The molecular weight excluding hydrogens is 519 g/mol. The second kappa shape index (κ2) is 12.6. The minimum Gasteiger partial charge on any atom is -0.475 e. The zero-order valence-electron chi connectivity index (χ0n) is 20.5. The molecule has 1 aliphatic heterocycles. The third-order valence-corrected chi connectivity index (χ3v) is 5.71. The number of aryl methyl sites for hydroxylation is 1. The molecule has 1 aliphatic rings. The summed E-state index contributed by atoms with van der Waals surface area (Å²) in [7, 11) is 1.31. The van der Waals surface area contributed by atoms with Gasteiger partial charge in [0.2, 0.25) is 0 Å². The second-order valence-corrected chi connectivity index (χ2v) is 8.83. The molecular formula is C23H27ClF3N5O5. The summed E-state index contributed by atoms with van der Waals surface area (Å²) in [5.41, 5.74) is 1.83. The number of aliphatic carboxylic acids is 1. The lowest BCUT2D eigenvalue weighted by Crippen LogP contribution is -2.58. The molecule has 37 heavy (non-hydrogen) atoms. The van der Waals surface area contributed by atoms with E-state index in [9.17, 15) is 22.8 Å². The molecule has 1 unspecified atom stereocenters. The molecule has 1 aromatic heterocycles. The van der Waals surface area contributed by atoms with E-state index in [-0.39, 0.29) is 23.7 Å². The monoisotopic (exact) mass is 545 g/mol. The Morgan fingerprint density at radius 2 is 1.84 bits per heavy atom. The van der Waals surface area contributed by atoms with E-state index in [1.807, 2.05) is 24.0 Å². The minimum absolute atomic E-state index is 0.00607. The average molecular weight is 546 g/mol. The third kappa shape index (κ3) is 8.20. The first-order chi connectivity index (χ1) is 17.2. The second-order valence-electron chi connectivity index (χ2n) is 8.39. The van der Waals surface area contributed by atoms with Crippen molar-refractivity contribution in [2.75, 3.05) is 37.0 Å². The Bertz CT molecular complexity index is 1110. The molecule has 202 valence electrons. The summed E-state index contributed by atoms with van der Waals surface area (Å²) in [6.07, 6.45) is -2.11. The number of carboxylic acids is 1. The van der Waals surface area contributed by atoms with Crippen LogP contribution >= 0.6 is 11.6 Å². The Hall–Kier alpha value is -3.61. The molecule has 3 rings (SSSR count). The Balaban J connectivity index is 0.000000604. The smallest absolute Gasteiger partial charge is 0.475 e. The Morgan fingerprint density at radius 1 is 1.19 bits per heavy atom. The van der Waals surface area contributed by atoms with E-state index < -0.39 is 18.1 Å². The van der Waals surface area contributed by atoms with E-state index in [0.29, 0.717) is 30.5 Å². The van der Waals surface area contributed by atoms with Crippen molar-refractivity contribution >= 4 is 41.1 Å². The predicted octanol–water partition coefficient (Wildman–Crippen LogP) is 4.24. The number of halogens is 4. The number of methoxy groups -OCH3 is 1. The largest absolute Gasteiger partial charge is 0.490 e. The molecule has 2 heterocycles. The van der Waals surface area contributed by atoms with Crippen molar-refractivity contribution in [2.24, 2.45) is 5.92 Å². The highest BCUT2D eigenvalue weighted by molar-refractivity contribution is 6.30. The molecule has 1 aromatic carbocycles. The van der Waals surface area contributed by atoms with Crippen LogP contribution in [0.2, 0.25) is 5.02 Å². The van der Waals surface area contributed by atoms with Crippen LogP contribution in [0.5, 0.6) is 0 Å². The number of hydrogen-bond donors (Lipinski definition) is 2. The van der Waals surface area contributed by atoms with Gasteiger partial charge < -0.3 is 25.0 Å². The van der Waals surface area contributed by atoms with E-state index in [2.05, 4.69) is 38.8 Å². The number of carbonyl (C=O) groups excluding carboxylic acids is 2. The molecule has 14 heteroatoms. The fourth-order valence-corrected chi connectivity index (χ4v) is 3.72. The maximum Gasteiger partial charge on any atom is 0.490 e. The van der Waals surface area contributed by atoms with Crippen molar-refractivity contribution in [1.29, 1.82) is 0 Å². The number of esters is 1. The molecule has 0 bridgehead atoms. The van der Waals surface area contributed by atoms with Crippen LogP contribution in [0.25, 0.3) is 0 Å². The molecule has 10 nitrogen and oxygen atoms in total. The van der Waals surface area contributed by atoms with Crippen molar-refractivity contribution in [1.82, 2.24) is 14.9 Å². The summed E-state index contributed by atoms with van der Waals surface area (Å²) in [6, 6.07) is 5.26. The van der Waals surface area contributed by atoms with Crippen molar-refractivity contribution in [2.45, 2.75) is 33.0 Å². The molecule has 0 radical (unpaired) electrons. The number of alkyl halides is 3. The molecule has 1 fully saturated rings. The normalized spacial score (nSPS) is 15.5. The topological polar surface area (TPSA) is 125 Å². The zero-order chi connectivity index (χ0) is 27.9. The highest BCUT2D eigenvalue weighted by Crippen LogP contribution is 2.24. The summed E-state index contributed by atoms with van der Waals surface area (Å²) in [5, 5.41) is 10.8. The van der Waals surface area contributed by atoms with Crippen molar-refractivity contribution < 1.29 is 37.4 Å². The number of hydrogen-bond acceptors (Lipinski definition) is 7. The first kappa shape index (κ1) is 29.6. The van der Waals surface area contributed by atoms with Gasteiger partial charge >= 0.3 is 24.1 Å². The number of carboxylic acid groups (broad SMARTS) is 1. The summed E-state index contributed by atoms with van der Waals surface area (Å²) in [5.74, 6) is -2.37. The molecule has 1 atom stereocenters. The molecule has 2 amide bonds. The fourth-order valence-electron chi connectivity index (χ4n) is 3.49. The van der Waals surface area contributed by atoms with Crippen LogP contribution in [0.1, 0.15) is 29.9 Å². The fraction of sp³-hybridized carbons (Fsp3) is 0.435. The van der Waals surface area contributed by atoms with E-state index >= 15 is 0 Å². The number of rotatable bonds is 4. The van der Waals surface area contributed by atoms with Crippen LogP contribution in [0.4, 0.5) is 29.5 Å². The van der Waals surface area contributed by atoms with Gasteiger partial charge in [-0.15, -0.1) is 0 Å². The number of urea groups is 1. The molecule has 0 saturated carbocycles. The van der Waals surface area contributed by atoms with Crippen molar-refractivity contribution in [3.05, 3.63) is 46.9 Å². The maximum absolute atomic E-state index is 13.0. The number of aromatic nitrogens is 2. The summed E-state index contributed by atoms with van der Waals surface area (Å²) in [4.78, 5) is 45.9. The average Bonchev–Trinajstić information content (AvgIpc) is 2.84. The van der Waals surface area contributed by atoms with Crippen molar-refractivity contribution in [3.8, 4) is 0 Å². The number of nitrogens with zero attached hydrogens (tertiary/aromatic N) is 4. The highest BCUT2D eigenvalue weighted by atomic mass is 35.5. The van der Waals surface area contributed by atoms with Gasteiger partial charge in [-0.3, -0.25) is 0 Å². The van der Waals surface area contributed by atoms with Crippen LogP contribution in [0.3, 0.4) is 0 Å². The molecule has 0 aliphatic carbocycles. The van der Waals surface area contributed by atoms with E-state index in [1.54, 1.807) is 12.3 Å². The van der Waals surface area contributed by atoms with Gasteiger partial charge in [-0.25, -0.2) is 24.4 Å². The number of benzene rings is 1. The summed E-state index contributed by atoms with van der Waals surface area (Å²) >= 11 is 6.01. The minimum atomic E-state index is -5.08. The summed E-state index contributed by atoms with van der Waals surface area (Å²) in [6.45, 7) is 7.87. The van der Waals surface area contributed by atoms with Gasteiger partial charge in [0.25, 0.3) is 0 Å². The van der Waals surface area contributed by atoms with Crippen molar-refractivity contribution in [3.63, 3.8) is 0 Å². The van der Waals surface area contributed by atoms with Gasteiger partial charge in [0, 0.05) is 30.3 Å². The van der Waals surface area contributed by atoms with Gasteiger partial charge in [0.1, 0.15) is 5.82 Å². The number of anilines is 2. The number of piperazine rings is 1. The Morgan fingerprint density at radius 3 is 2.32 bits per heavy atom.